The molecular formula is C9H8BrN3O2. The summed E-state index contributed by atoms with van der Waals surface area (Å²) < 4.78 is 2.54. The van der Waals surface area contributed by atoms with Crippen LogP contribution in [0.5, 0.6) is 0 Å². The molecule has 2 aromatic rings. The molecule has 3 N–H and O–H groups in total. The van der Waals surface area contributed by atoms with Crippen LogP contribution in [0, 0.1) is 0 Å². The zero-order chi connectivity index (χ0) is 11.0. The van der Waals surface area contributed by atoms with Gasteiger partial charge >= 0.3 is 5.97 Å². The summed E-state index contributed by atoms with van der Waals surface area (Å²) in [6, 6.07) is 2.53. The van der Waals surface area contributed by atoms with Crippen molar-refractivity contribution in [1.82, 2.24) is 9.38 Å². The molecule has 0 aromatic carbocycles. The number of hydrogen-bond acceptors (Lipinski definition) is 3. The van der Waals surface area contributed by atoms with Gasteiger partial charge in [-0.15, -0.1) is 0 Å². The zero-order valence-electron chi connectivity index (χ0n) is 7.59. The maximum absolute atomic E-state index is 10.7. The molecule has 0 bridgehead atoms. The first-order valence-corrected chi connectivity index (χ1v) is 5.00. The highest BCUT2D eigenvalue weighted by molar-refractivity contribution is 9.10. The minimum atomic E-state index is -1.07. The predicted octanol–water partition coefficient (Wildman–Crippen LogP) is 1.18. The van der Waals surface area contributed by atoms with Gasteiger partial charge in [0.2, 0.25) is 0 Å². The zero-order valence-corrected chi connectivity index (χ0v) is 9.18. The van der Waals surface area contributed by atoms with Crippen LogP contribution in [0.15, 0.2) is 29.0 Å². The summed E-state index contributed by atoms with van der Waals surface area (Å²) in [4.78, 5) is 14.8. The van der Waals surface area contributed by atoms with Gasteiger partial charge in [0.15, 0.2) is 0 Å². The van der Waals surface area contributed by atoms with E-state index in [9.17, 15) is 4.79 Å². The first-order valence-electron chi connectivity index (χ1n) is 4.20. The molecule has 0 amide bonds. The Hall–Kier alpha value is -1.40. The van der Waals surface area contributed by atoms with Gasteiger partial charge in [-0.2, -0.15) is 0 Å². The molecular weight excluding hydrogens is 262 g/mol. The smallest absolute Gasteiger partial charge is 0.326 e. The van der Waals surface area contributed by atoms with Crippen LogP contribution < -0.4 is 5.73 Å². The molecule has 0 radical (unpaired) electrons. The first kappa shape index (κ1) is 10.1. The van der Waals surface area contributed by atoms with Crippen molar-refractivity contribution in [3.8, 4) is 0 Å². The Morgan fingerprint density at radius 2 is 2.40 bits per heavy atom. The van der Waals surface area contributed by atoms with Gasteiger partial charge in [-0.25, -0.2) is 4.98 Å². The van der Waals surface area contributed by atoms with E-state index < -0.39 is 12.0 Å². The summed E-state index contributed by atoms with van der Waals surface area (Å²) in [7, 11) is 0. The largest absolute Gasteiger partial charge is 0.480 e. The molecule has 78 valence electrons. The summed E-state index contributed by atoms with van der Waals surface area (Å²) in [5.74, 6) is -1.07. The third-order valence-corrected chi connectivity index (χ3v) is 2.58. The van der Waals surface area contributed by atoms with Crippen molar-refractivity contribution < 1.29 is 9.90 Å². The van der Waals surface area contributed by atoms with Crippen molar-refractivity contribution in [2.24, 2.45) is 5.73 Å². The van der Waals surface area contributed by atoms with E-state index in [0.29, 0.717) is 11.3 Å². The lowest BCUT2D eigenvalue weighted by Crippen LogP contribution is -2.22. The number of carboxylic acid groups (broad SMARTS) is 1. The second-order valence-electron chi connectivity index (χ2n) is 3.07. The molecule has 0 aliphatic heterocycles. The molecule has 15 heavy (non-hydrogen) atoms. The molecule has 2 heterocycles. The van der Waals surface area contributed by atoms with E-state index in [1.807, 2.05) is 0 Å². The van der Waals surface area contributed by atoms with Gasteiger partial charge in [0, 0.05) is 10.7 Å². The number of nitrogens with two attached hydrogens (primary N) is 1. The molecule has 0 fully saturated rings. The summed E-state index contributed by atoms with van der Waals surface area (Å²) in [6.07, 6.45) is 3.20. The van der Waals surface area contributed by atoms with E-state index in [1.54, 1.807) is 22.7 Å². The van der Waals surface area contributed by atoms with E-state index in [2.05, 4.69) is 20.9 Å². The number of carbonyl (C=O) groups is 1. The second-order valence-corrected chi connectivity index (χ2v) is 3.99. The van der Waals surface area contributed by atoms with Crippen molar-refractivity contribution in [2.75, 3.05) is 0 Å². The molecule has 2 rings (SSSR count). The third kappa shape index (κ3) is 1.73. The number of nitrogens with zero attached hydrogens (tertiary/aromatic N) is 2. The number of halogens is 1. The Morgan fingerprint density at radius 3 is 3.07 bits per heavy atom. The highest BCUT2D eigenvalue weighted by Crippen LogP contribution is 2.17. The van der Waals surface area contributed by atoms with Gasteiger partial charge in [0.05, 0.1) is 11.9 Å². The topological polar surface area (TPSA) is 80.6 Å². The van der Waals surface area contributed by atoms with Crippen LogP contribution in [0.4, 0.5) is 0 Å². The van der Waals surface area contributed by atoms with E-state index >= 15 is 0 Å². The van der Waals surface area contributed by atoms with Gasteiger partial charge < -0.3 is 15.2 Å². The normalized spacial score (nSPS) is 12.9. The van der Waals surface area contributed by atoms with Gasteiger partial charge in [0.25, 0.3) is 0 Å². The fourth-order valence-electron chi connectivity index (χ4n) is 1.33. The minimum absolute atomic E-state index is 0.463. The molecule has 1 unspecified atom stereocenters. The fourth-order valence-corrected chi connectivity index (χ4v) is 1.65. The summed E-state index contributed by atoms with van der Waals surface area (Å²) in [5, 5.41) is 8.79. The predicted molar refractivity (Wildman–Crippen MR) is 57.5 cm³/mol. The van der Waals surface area contributed by atoms with E-state index in [1.165, 1.54) is 6.20 Å². The maximum atomic E-state index is 10.7. The highest BCUT2D eigenvalue weighted by Gasteiger charge is 2.18. The van der Waals surface area contributed by atoms with E-state index in [-0.39, 0.29) is 0 Å². The number of pyridine rings is 1. The number of rotatable bonds is 2. The number of fused-ring (bicyclic) bond motifs is 1. The third-order valence-electron chi connectivity index (χ3n) is 2.09. The molecule has 6 heteroatoms. The number of hydrogen-bond donors (Lipinski definition) is 2. The van der Waals surface area contributed by atoms with Crippen LogP contribution in [-0.2, 0) is 4.79 Å². The van der Waals surface area contributed by atoms with Gasteiger partial charge in [0.1, 0.15) is 11.7 Å². The van der Waals surface area contributed by atoms with Gasteiger partial charge in [-0.05, 0) is 12.1 Å². The lowest BCUT2D eigenvalue weighted by atomic mass is 10.2. The number of aliphatic carboxylic acids is 1. The molecule has 0 saturated heterocycles. The molecule has 0 aliphatic rings. The van der Waals surface area contributed by atoms with Crippen LogP contribution in [0.25, 0.3) is 5.65 Å². The molecule has 0 aliphatic carbocycles. The molecule has 2 aromatic heterocycles. The molecule has 5 nitrogen and oxygen atoms in total. The number of carboxylic acids is 1. The quantitative estimate of drug-likeness (QED) is 0.858. The maximum Gasteiger partial charge on any atom is 0.326 e. The van der Waals surface area contributed by atoms with Crippen LogP contribution >= 0.6 is 15.9 Å². The first-order chi connectivity index (χ1) is 7.09. The second kappa shape index (κ2) is 3.63. The summed E-state index contributed by atoms with van der Waals surface area (Å²) >= 11 is 3.31. The van der Waals surface area contributed by atoms with Crippen molar-refractivity contribution in [1.29, 1.82) is 0 Å². The Labute approximate surface area is 93.7 Å². The average molecular weight is 270 g/mol. The average Bonchev–Trinajstić information content (AvgIpc) is 2.59. The van der Waals surface area contributed by atoms with Crippen LogP contribution in [-0.4, -0.2) is 20.5 Å². The Bertz CT molecular complexity index is 523. The summed E-state index contributed by atoms with van der Waals surface area (Å²) in [5.41, 5.74) is 6.64. The van der Waals surface area contributed by atoms with Crippen molar-refractivity contribution in [2.45, 2.75) is 6.04 Å². The van der Waals surface area contributed by atoms with Crippen molar-refractivity contribution in [3.63, 3.8) is 0 Å². The minimum Gasteiger partial charge on any atom is -0.480 e. The van der Waals surface area contributed by atoms with E-state index in [0.717, 1.165) is 4.47 Å². The van der Waals surface area contributed by atoms with Crippen LogP contribution in [0.3, 0.4) is 0 Å². The molecule has 0 saturated carbocycles. The van der Waals surface area contributed by atoms with Crippen LogP contribution in [0.2, 0.25) is 0 Å². The van der Waals surface area contributed by atoms with Crippen molar-refractivity contribution >= 4 is 27.5 Å². The van der Waals surface area contributed by atoms with E-state index in [4.69, 9.17) is 10.8 Å². The number of imidazole rings is 1. The highest BCUT2D eigenvalue weighted by atomic mass is 79.9. The lowest BCUT2D eigenvalue weighted by molar-refractivity contribution is -0.138. The summed E-state index contributed by atoms with van der Waals surface area (Å²) in [6.45, 7) is 0. The Morgan fingerprint density at radius 1 is 1.67 bits per heavy atom. The molecule has 0 spiro atoms. The lowest BCUT2D eigenvalue weighted by Gasteiger charge is -2.05. The standard InChI is InChI=1S/C9H8BrN3O2/c10-5-1-2-13-6(8(11)9(14)15)4-12-7(13)3-5/h1-4,8H,11H2,(H,14,15). The van der Waals surface area contributed by atoms with Gasteiger partial charge in [-0.1, -0.05) is 15.9 Å². The van der Waals surface area contributed by atoms with Crippen LogP contribution in [0.1, 0.15) is 11.7 Å². The monoisotopic (exact) mass is 269 g/mol. The van der Waals surface area contributed by atoms with Crippen molar-refractivity contribution in [3.05, 3.63) is 34.7 Å². The Kier molecular flexibility index (Phi) is 2.45. The number of aromatic nitrogens is 2. The Balaban J connectivity index is 2.59. The fraction of sp³-hybridized carbons (Fsp3) is 0.111. The SMILES string of the molecule is NC(C(=O)O)c1cnc2cc(Br)ccn12. The van der Waals surface area contributed by atoms with Gasteiger partial charge in [-0.3, -0.25) is 4.79 Å². The molecule has 1 atom stereocenters.